The van der Waals surface area contributed by atoms with Crippen LogP contribution in [0.1, 0.15) is 33.9 Å². The molecular formula is C31H21Br2N3O2. The monoisotopic (exact) mass is 625 g/mol. The number of nitrogens with zero attached hydrogens (tertiary/aromatic N) is 3. The first kappa shape index (κ1) is 24.6. The molecule has 0 spiro atoms. The van der Waals surface area contributed by atoms with Gasteiger partial charge in [0, 0.05) is 26.9 Å². The van der Waals surface area contributed by atoms with Gasteiger partial charge < -0.3 is 0 Å². The van der Waals surface area contributed by atoms with Gasteiger partial charge in [-0.25, -0.2) is 10.0 Å². The summed E-state index contributed by atoms with van der Waals surface area (Å²) in [5.41, 5.74) is 4.96. The van der Waals surface area contributed by atoms with Crippen molar-refractivity contribution < 1.29 is 9.59 Å². The van der Waals surface area contributed by atoms with Gasteiger partial charge in [-0.15, -0.1) is 0 Å². The number of fused-ring (bicyclic) bond motifs is 1. The lowest BCUT2D eigenvalue weighted by molar-refractivity contribution is -0.113. The molecule has 2 aliphatic heterocycles. The van der Waals surface area contributed by atoms with Crippen molar-refractivity contribution >= 4 is 60.7 Å². The zero-order valence-electron chi connectivity index (χ0n) is 20.1. The van der Waals surface area contributed by atoms with Gasteiger partial charge in [0.15, 0.2) is 0 Å². The predicted octanol–water partition coefficient (Wildman–Crippen LogP) is 7.29. The minimum atomic E-state index is -0.369. The number of hydrogen-bond donors (Lipinski definition) is 0. The number of aliphatic imine (C=N–C) groups is 1. The van der Waals surface area contributed by atoms with Crippen molar-refractivity contribution in [3.05, 3.63) is 134 Å². The van der Waals surface area contributed by atoms with Gasteiger partial charge in [0.05, 0.1) is 23.0 Å². The van der Waals surface area contributed by atoms with Gasteiger partial charge in [0.1, 0.15) is 0 Å². The first-order chi connectivity index (χ1) is 18.5. The molecule has 3 aromatic carbocycles. The highest BCUT2D eigenvalue weighted by Gasteiger charge is 2.40. The molecule has 3 aliphatic rings. The van der Waals surface area contributed by atoms with E-state index in [1.807, 2.05) is 84.9 Å². The van der Waals surface area contributed by atoms with Crippen molar-refractivity contribution in [2.75, 3.05) is 0 Å². The minimum Gasteiger partial charge on any atom is -0.267 e. The summed E-state index contributed by atoms with van der Waals surface area (Å²) in [5, 5.41) is 6.36. The third-order valence-electron chi connectivity index (χ3n) is 6.83. The third-order valence-corrected chi connectivity index (χ3v) is 7.85. The molecule has 186 valence electrons. The molecule has 5 nitrogen and oxygen atoms in total. The number of allylic oxidation sites excluding steroid dienone is 5. The van der Waals surface area contributed by atoms with E-state index in [0.717, 1.165) is 25.7 Å². The summed E-state index contributed by atoms with van der Waals surface area (Å²) in [6.45, 7) is 0. The topological polar surface area (TPSA) is 62.1 Å². The molecule has 2 heterocycles. The van der Waals surface area contributed by atoms with Gasteiger partial charge >= 0.3 is 0 Å². The molecule has 0 saturated carbocycles. The van der Waals surface area contributed by atoms with Crippen LogP contribution in [0, 0.1) is 5.92 Å². The molecule has 0 fully saturated rings. The number of hydrogen-bond acceptors (Lipinski definition) is 3. The second-order valence-electron chi connectivity index (χ2n) is 9.20. The first-order valence-electron chi connectivity index (χ1n) is 12.2. The molecule has 0 radical (unpaired) electrons. The van der Waals surface area contributed by atoms with E-state index in [1.54, 1.807) is 12.1 Å². The maximum Gasteiger partial charge on any atom is 0.279 e. The van der Waals surface area contributed by atoms with Crippen LogP contribution in [0.25, 0.3) is 5.57 Å². The number of carbonyl (C=O) groups excluding carboxylic acids is 2. The van der Waals surface area contributed by atoms with Crippen LogP contribution >= 0.6 is 31.9 Å². The Kier molecular flexibility index (Phi) is 6.64. The molecule has 2 amide bonds. The van der Waals surface area contributed by atoms with Crippen molar-refractivity contribution in [1.82, 2.24) is 5.01 Å². The number of amides is 2. The number of carbonyl (C=O) groups is 2. The second-order valence-corrected chi connectivity index (χ2v) is 11.0. The van der Waals surface area contributed by atoms with E-state index in [0.29, 0.717) is 29.0 Å². The normalized spacial score (nSPS) is 20.6. The molecule has 3 aromatic rings. The Morgan fingerprint density at radius 2 is 1.63 bits per heavy atom. The van der Waals surface area contributed by atoms with Crippen LogP contribution in [0.15, 0.2) is 128 Å². The second kappa shape index (κ2) is 10.2. The molecule has 0 N–H and O–H groups in total. The maximum atomic E-state index is 13.7. The van der Waals surface area contributed by atoms with E-state index in [2.05, 4.69) is 42.9 Å². The van der Waals surface area contributed by atoms with E-state index < -0.39 is 0 Å². The van der Waals surface area contributed by atoms with Crippen LogP contribution in [0.3, 0.4) is 0 Å². The van der Waals surface area contributed by atoms with Crippen molar-refractivity contribution in [2.24, 2.45) is 16.0 Å². The van der Waals surface area contributed by atoms with Crippen LogP contribution in [0.2, 0.25) is 0 Å². The summed E-state index contributed by atoms with van der Waals surface area (Å²) in [5.74, 6) is -0.773. The summed E-state index contributed by atoms with van der Waals surface area (Å²) in [6, 6.07) is 26.5. The molecule has 2 atom stereocenters. The summed E-state index contributed by atoms with van der Waals surface area (Å²) < 4.78 is 1.83. The Hall–Kier alpha value is -3.68. The smallest absolute Gasteiger partial charge is 0.267 e. The predicted molar refractivity (Wildman–Crippen MR) is 157 cm³/mol. The SMILES string of the molecule is O=C1N=C2C=CC(Br)=CC2C(c2ccccc2)=C1C1=NN(C(=O)c2ccccc2)C(c2cccc(Br)c2)C1. The molecule has 0 bridgehead atoms. The molecule has 2 unspecified atom stereocenters. The highest BCUT2D eigenvalue weighted by atomic mass is 79.9. The van der Waals surface area contributed by atoms with Crippen molar-refractivity contribution in [3.63, 3.8) is 0 Å². The minimum absolute atomic E-state index is 0.213. The largest absolute Gasteiger partial charge is 0.279 e. The number of dihydropyridines is 1. The highest BCUT2D eigenvalue weighted by molar-refractivity contribution is 9.12. The van der Waals surface area contributed by atoms with E-state index in [1.165, 1.54) is 5.01 Å². The molecule has 6 rings (SSSR count). The van der Waals surface area contributed by atoms with Crippen LogP contribution < -0.4 is 0 Å². The molecule has 1 aliphatic carbocycles. The van der Waals surface area contributed by atoms with E-state index in [-0.39, 0.29) is 23.8 Å². The summed E-state index contributed by atoms with van der Waals surface area (Å²) in [4.78, 5) is 31.8. The van der Waals surface area contributed by atoms with Crippen LogP contribution in [-0.2, 0) is 4.79 Å². The lowest BCUT2D eigenvalue weighted by atomic mass is 9.79. The average molecular weight is 627 g/mol. The van der Waals surface area contributed by atoms with Crippen molar-refractivity contribution in [1.29, 1.82) is 0 Å². The molecule has 7 heteroatoms. The first-order valence-corrected chi connectivity index (χ1v) is 13.8. The van der Waals surface area contributed by atoms with Crippen LogP contribution in [0.4, 0.5) is 0 Å². The summed E-state index contributed by atoms with van der Waals surface area (Å²) >= 11 is 7.15. The van der Waals surface area contributed by atoms with Crippen LogP contribution in [0.5, 0.6) is 0 Å². The van der Waals surface area contributed by atoms with E-state index >= 15 is 0 Å². The Labute approximate surface area is 237 Å². The average Bonchev–Trinajstić information content (AvgIpc) is 3.38. The van der Waals surface area contributed by atoms with E-state index in [4.69, 9.17) is 5.10 Å². The fraction of sp³-hybridized carbons (Fsp3) is 0.0968. The Bertz CT molecular complexity index is 1600. The number of halogens is 2. The Morgan fingerprint density at radius 1 is 0.895 bits per heavy atom. The zero-order chi connectivity index (χ0) is 26.2. The van der Waals surface area contributed by atoms with Gasteiger partial charge in [0.2, 0.25) is 0 Å². The van der Waals surface area contributed by atoms with Gasteiger partial charge in [-0.2, -0.15) is 5.10 Å². The summed E-state index contributed by atoms with van der Waals surface area (Å²) in [7, 11) is 0. The standard InChI is InChI=1S/C31H21Br2N3O2/c32-22-13-7-12-21(16-22)27-18-26(35-36(27)31(38)20-10-5-2-6-11-20)29-28(19-8-3-1-4-9-19)24-17-23(33)14-15-25(24)34-30(29)37/h1-17,24,27H,18H2. The molecular weight excluding hydrogens is 606 g/mol. The number of rotatable bonds is 4. The lowest BCUT2D eigenvalue weighted by Crippen LogP contribution is -2.27. The van der Waals surface area contributed by atoms with Gasteiger partial charge in [-0.05, 0) is 53.1 Å². The molecule has 0 saturated heterocycles. The Morgan fingerprint density at radius 3 is 2.37 bits per heavy atom. The number of benzene rings is 3. The quantitative estimate of drug-likeness (QED) is 0.305. The molecule has 0 aromatic heterocycles. The number of hydrazone groups is 1. The molecule has 38 heavy (non-hydrogen) atoms. The Balaban J connectivity index is 1.52. The highest BCUT2D eigenvalue weighted by Crippen LogP contribution is 2.42. The fourth-order valence-corrected chi connectivity index (χ4v) is 5.92. The van der Waals surface area contributed by atoms with Crippen molar-refractivity contribution in [3.8, 4) is 0 Å². The summed E-state index contributed by atoms with van der Waals surface area (Å²) in [6.07, 6.45) is 6.22. The van der Waals surface area contributed by atoms with Gasteiger partial charge in [-0.3, -0.25) is 9.59 Å². The zero-order valence-corrected chi connectivity index (χ0v) is 23.3. The fourth-order valence-electron chi connectivity index (χ4n) is 5.11. The maximum absolute atomic E-state index is 13.7. The third kappa shape index (κ3) is 4.57. The van der Waals surface area contributed by atoms with Crippen LogP contribution in [-0.4, -0.2) is 28.2 Å². The van der Waals surface area contributed by atoms with E-state index in [9.17, 15) is 9.59 Å². The van der Waals surface area contributed by atoms with Crippen molar-refractivity contribution in [2.45, 2.75) is 12.5 Å². The lowest BCUT2D eigenvalue weighted by Gasteiger charge is -2.27. The van der Waals surface area contributed by atoms with Gasteiger partial charge in [-0.1, -0.05) is 98.6 Å². The van der Waals surface area contributed by atoms with Gasteiger partial charge in [0.25, 0.3) is 11.8 Å².